The molecule has 22 heavy (non-hydrogen) atoms. The van der Waals surface area contributed by atoms with Crippen molar-refractivity contribution in [2.45, 2.75) is 6.29 Å². The van der Waals surface area contributed by atoms with Crippen molar-refractivity contribution in [3.05, 3.63) is 42.0 Å². The van der Waals surface area contributed by atoms with Crippen molar-refractivity contribution in [1.82, 2.24) is 9.97 Å². The lowest BCUT2D eigenvalue weighted by atomic mass is 10.1. The van der Waals surface area contributed by atoms with Crippen molar-refractivity contribution in [3.8, 4) is 11.1 Å². The standard InChI is InChI=1S/C16H15N3O2S/c1-2-4-11(5-3-1)12-9-22-16-14(12)15(18-10-19-16)17-8-13-20-6-7-21-13/h1-5,9-10,13H,6-8H2,(H,17,18,19). The Balaban J connectivity index is 1.70. The predicted molar refractivity (Wildman–Crippen MR) is 87.0 cm³/mol. The van der Waals surface area contributed by atoms with Gasteiger partial charge in [0.2, 0.25) is 0 Å². The fraction of sp³-hybridized carbons (Fsp3) is 0.250. The van der Waals surface area contributed by atoms with Gasteiger partial charge in [-0.25, -0.2) is 9.97 Å². The van der Waals surface area contributed by atoms with Gasteiger partial charge in [-0.1, -0.05) is 30.3 Å². The van der Waals surface area contributed by atoms with E-state index in [-0.39, 0.29) is 6.29 Å². The number of nitrogens with zero attached hydrogens (tertiary/aromatic N) is 2. The first-order valence-corrected chi connectivity index (χ1v) is 8.04. The molecule has 6 heteroatoms. The number of thiophene rings is 1. The van der Waals surface area contributed by atoms with Crippen LogP contribution < -0.4 is 5.32 Å². The lowest BCUT2D eigenvalue weighted by Gasteiger charge is -2.12. The molecule has 4 rings (SSSR count). The lowest BCUT2D eigenvalue weighted by Crippen LogP contribution is -2.20. The van der Waals surface area contributed by atoms with Gasteiger partial charge < -0.3 is 14.8 Å². The summed E-state index contributed by atoms with van der Waals surface area (Å²) in [4.78, 5) is 9.75. The van der Waals surface area contributed by atoms with E-state index in [0.717, 1.165) is 21.6 Å². The van der Waals surface area contributed by atoms with E-state index in [2.05, 4.69) is 32.8 Å². The van der Waals surface area contributed by atoms with Crippen LogP contribution in [-0.4, -0.2) is 36.0 Å². The van der Waals surface area contributed by atoms with Gasteiger partial charge in [-0.15, -0.1) is 11.3 Å². The fourth-order valence-electron chi connectivity index (χ4n) is 2.54. The van der Waals surface area contributed by atoms with Gasteiger partial charge in [-0.2, -0.15) is 0 Å². The third-order valence-electron chi connectivity index (χ3n) is 3.58. The van der Waals surface area contributed by atoms with Crippen LogP contribution in [0.5, 0.6) is 0 Å². The largest absolute Gasteiger partial charge is 0.364 e. The van der Waals surface area contributed by atoms with E-state index in [1.54, 1.807) is 17.7 Å². The number of ether oxygens (including phenoxy) is 2. The Kier molecular flexibility index (Phi) is 3.72. The van der Waals surface area contributed by atoms with Crippen molar-refractivity contribution >= 4 is 27.4 Å². The molecule has 2 aromatic heterocycles. The van der Waals surface area contributed by atoms with E-state index in [9.17, 15) is 0 Å². The summed E-state index contributed by atoms with van der Waals surface area (Å²) in [5.74, 6) is 0.823. The molecule has 0 spiro atoms. The summed E-state index contributed by atoms with van der Waals surface area (Å²) in [6.45, 7) is 1.88. The molecule has 3 heterocycles. The number of hydrogen-bond donors (Lipinski definition) is 1. The maximum absolute atomic E-state index is 5.46. The van der Waals surface area contributed by atoms with Crippen molar-refractivity contribution in [2.24, 2.45) is 0 Å². The fourth-order valence-corrected chi connectivity index (χ4v) is 3.46. The van der Waals surface area contributed by atoms with Gasteiger partial charge in [0.15, 0.2) is 6.29 Å². The van der Waals surface area contributed by atoms with Crippen LogP contribution >= 0.6 is 11.3 Å². The zero-order chi connectivity index (χ0) is 14.8. The number of hydrogen-bond acceptors (Lipinski definition) is 6. The SMILES string of the molecule is c1ccc(-c2csc3ncnc(NCC4OCCO4)c23)cc1. The van der Waals surface area contributed by atoms with Gasteiger partial charge in [0, 0.05) is 10.9 Å². The summed E-state index contributed by atoms with van der Waals surface area (Å²) >= 11 is 1.63. The van der Waals surface area contributed by atoms with Gasteiger partial charge in [0.1, 0.15) is 17.0 Å². The van der Waals surface area contributed by atoms with E-state index in [1.807, 2.05) is 18.2 Å². The van der Waals surface area contributed by atoms with Crippen LogP contribution in [0.15, 0.2) is 42.0 Å². The molecule has 1 aliphatic rings. The minimum Gasteiger partial charge on any atom is -0.364 e. The van der Waals surface area contributed by atoms with Crippen molar-refractivity contribution in [3.63, 3.8) is 0 Å². The van der Waals surface area contributed by atoms with Crippen LogP contribution in [0.25, 0.3) is 21.3 Å². The Morgan fingerprint density at radius 3 is 2.77 bits per heavy atom. The molecule has 0 radical (unpaired) electrons. The minimum atomic E-state index is -0.205. The number of rotatable bonds is 4. The number of aromatic nitrogens is 2. The summed E-state index contributed by atoms with van der Waals surface area (Å²) in [6.07, 6.45) is 1.38. The van der Waals surface area contributed by atoms with Crippen LogP contribution in [0, 0.1) is 0 Å². The van der Waals surface area contributed by atoms with Gasteiger partial charge in [-0.05, 0) is 5.56 Å². The van der Waals surface area contributed by atoms with Gasteiger partial charge in [0.05, 0.1) is 25.1 Å². The van der Waals surface area contributed by atoms with Crippen LogP contribution in [-0.2, 0) is 9.47 Å². The van der Waals surface area contributed by atoms with E-state index < -0.39 is 0 Å². The molecule has 0 amide bonds. The van der Waals surface area contributed by atoms with Crippen molar-refractivity contribution in [2.75, 3.05) is 25.1 Å². The van der Waals surface area contributed by atoms with Crippen molar-refractivity contribution < 1.29 is 9.47 Å². The number of anilines is 1. The monoisotopic (exact) mass is 313 g/mol. The molecule has 1 N–H and O–H groups in total. The highest BCUT2D eigenvalue weighted by atomic mass is 32.1. The molecule has 1 aliphatic heterocycles. The number of nitrogens with one attached hydrogen (secondary N) is 1. The topological polar surface area (TPSA) is 56.3 Å². The van der Waals surface area contributed by atoms with Crippen LogP contribution in [0.4, 0.5) is 5.82 Å². The first kappa shape index (κ1) is 13.6. The Bertz CT molecular complexity index is 769. The third kappa shape index (κ3) is 2.56. The molecular formula is C16H15N3O2S. The molecule has 1 fully saturated rings. The van der Waals surface area contributed by atoms with Crippen molar-refractivity contribution in [1.29, 1.82) is 0 Å². The zero-order valence-electron chi connectivity index (χ0n) is 11.9. The number of benzene rings is 1. The third-order valence-corrected chi connectivity index (χ3v) is 4.47. The lowest BCUT2D eigenvalue weighted by molar-refractivity contribution is -0.0299. The van der Waals surface area contributed by atoms with E-state index in [4.69, 9.17) is 9.47 Å². The molecule has 5 nitrogen and oxygen atoms in total. The summed E-state index contributed by atoms with van der Waals surface area (Å²) in [7, 11) is 0. The van der Waals surface area contributed by atoms with Gasteiger partial charge in [0.25, 0.3) is 0 Å². The summed E-state index contributed by atoms with van der Waals surface area (Å²) in [5.41, 5.74) is 2.32. The zero-order valence-corrected chi connectivity index (χ0v) is 12.7. The average molecular weight is 313 g/mol. The van der Waals surface area contributed by atoms with E-state index >= 15 is 0 Å². The highest BCUT2D eigenvalue weighted by molar-refractivity contribution is 7.17. The second-order valence-electron chi connectivity index (χ2n) is 4.97. The molecule has 0 aliphatic carbocycles. The minimum absolute atomic E-state index is 0.205. The van der Waals surface area contributed by atoms with Gasteiger partial charge in [-0.3, -0.25) is 0 Å². The Labute approximate surface area is 131 Å². The Hall–Kier alpha value is -2.02. The Morgan fingerprint density at radius 2 is 1.95 bits per heavy atom. The molecule has 0 atom stereocenters. The molecule has 112 valence electrons. The Morgan fingerprint density at radius 1 is 1.14 bits per heavy atom. The normalized spacial score (nSPS) is 15.5. The molecule has 0 saturated carbocycles. The van der Waals surface area contributed by atoms with Gasteiger partial charge >= 0.3 is 0 Å². The van der Waals surface area contributed by atoms with Crippen LogP contribution in [0.3, 0.4) is 0 Å². The van der Waals surface area contributed by atoms with Crippen LogP contribution in [0.1, 0.15) is 0 Å². The average Bonchev–Trinajstić information content (AvgIpc) is 3.23. The molecular weight excluding hydrogens is 298 g/mol. The smallest absolute Gasteiger partial charge is 0.174 e. The number of fused-ring (bicyclic) bond motifs is 1. The quantitative estimate of drug-likeness (QED) is 0.802. The van der Waals surface area contributed by atoms with Crippen LogP contribution in [0.2, 0.25) is 0 Å². The summed E-state index contributed by atoms with van der Waals surface area (Å²) in [6, 6.07) is 10.3. The first-order valence-electron chi connectivity index (χ1n) is 7.16. The highest BCUT2D eigenvalue weighted by Crippen LogP contribution is 2.36. The molecule has 1 aromatic carbocycles. The maximum atomic E-state index is 5.46. The second kappa shape index (κ2) is 6.00. The first-order chi connectivity index (χ1) is 10.9. The summed E-state index contributed by atoms with van der Waals surface area (Å²) < 4.78 is 10.9. The maximum Gasteiger partial charge on any atom is 0.174 e. The predicted octanol–water partition coefficient (Wildman–Crippen LogP) is 3.14. The molecule has 0 bridgehead atoms. The molecule has 1 saturated heterocycles. The second-order valence-corrected chi connectivity index (χ2v) is 5.83. The van der Waals surface area contributed by atoms with E-state index in [1.165, 1.54) is 5.56 Å². The molecule has 3 aromatic rings. The highest BCUT2D eigenvalue weighted by Gasteiger charge is 2.18. The summed E-state index contributed by atoms with van der Waals surface area (Å²) in [5, 5.41) is 6.51. The van der Waals surface area contributed by atoms with E-state index in [0.29, 0.717) is 19.8 Å². The molecule has 0 unspecified atom stereocenters.